The van der Waals surface area contributed by atoms with Crippen molar-refractivity contribution < 1.29 is 14.7 Å². The fourth-order valence-electron chi connectivity index (χ4n) is 4.07. The van der Waals surface area contributed by atoms with Crippen molar-refractivity contribution >= 4 is 11.9 Å². The second kappa shape index (κ2) is 8.71. The van der Waals surface area contributed by atoms with Gasteiger partial charge in [0, 0.05) is 0 Å². The molecule has 1 amide bonds. The van der Waals surface area contributed by atoms with Crippen molar-refractivity contribution in [1.82, 2.24) is 0 Å². The third-order valence-electron chi connectivity index (χ3n) is 5.36. The largest absolute Gasteiger partial charge is 0.480 e. The monoisotopic (exact) mass is 388 g/mol. The first-order valence-corrected chi connectivity index (χ1v) is 9.42. The van der Waals surface area contributed by atoms with Gasteiger partial charge in [0.1, 0.15) is 6.04 Å². The Balaban J connectivity index is 2.38. The standard InChI is InChI=1S/C24H24N2O3/c25-21(23(28)29)16-20(22(26)27)24(17-10-4-1-5-11-17,18-12-6-2-7-13-18)19-14-8-3-9-15-19/h1-15,20-21H,16,25H2,(H2,26,27)(H,28,29)/t20?,21-/m0/s1. The van der Waals surface area contributed by atoms with Gasteiger partial charge in [-0.3, -0.25) is 9.59 Å². The smallest absolute Gasteiger partial charge is 0.320 e. The van der Waals surface area contributed by atoms with Crippen LogP contribution in [0.5, 0.6) is 0 Å². The molecule has 0 aliphatic rings. The van der Waals surface area contributed by atoms with Crippen molar-refractivity contribution in [1.29, 1.82) is 0 Å². The number of carbonyl (C=O) groups is 2. The van der Waals surface area contributed by atoms with E-state index in [1.165, 1.54) is 0 Å². The minimum Gasteiger partial charge on any atom is -0.480 e. The number of hydrogen-bond donors (Lipinski definition) is 3. The average molecular weight is 388 g/mol. The summed E-state index contributed by atoms with van der Waals surface area (Å²) in [5.41, 5.74) is 13.3. The summed E-state index contributed by atoms with van der Waals surface area (Å²) in [7, 11) is 0. The third kappa shape index (κ3) is 3.91. The maximum absolute atomic E-state index is 12.8. The summed E-state index contributed by atoms with van der Waals surface area (Å²) in [5.74, 6) is -2.64. The maximum Gasteiger partial charge on any atom is 0.320 e. The lowest BCUT2D eigenvalue weighted by Gasteiger charge is -2.42. The Hall–Kier alpha value is -3.44. The van der Waals surface area contributed by atoms with Crippen LogP contribution in [-0.4, -0.2) is 23.0 Å². The fraction of sp³-hybridized carbons (Fsp3) is 0.167. The van der Waals surface area contributed by atoms with Crippen LogP contribution >= 0.6 is 0 Å². The van der Waals surface area contributed by atoms with Crippen LogP contribution < -0.4 is 11.5 Å². The molecule has 3 rings (SSSR count). The first-order chi connectivity index (χ1) is 14.0. The SMILES string of the molecule is NC(=O)C(C[C@H](N)C(=O)O)C(c1ccccc1)(c1ccccc1)c1ccccc1. The van der Waals surface area contributed by atoms with Crippen molar-refractivity contribution in [3.05, 3.63) is 108 Å². The van der Waals surface area contributed by atoms with Crippen LogP contribution in [0.2, 0.25) is 0 Å². The highest BCUT2D eigenvalue weighted by Crippen LogP contribution is 2.46. The normalized spacial score (nSPS) is 13.4. The van der Waals surface area contributed by atoms with E-state index in [0.717, 1.165) is 16.7 Å². The van der Waals surface area contributed by atoms with Gasteiger partial charge in [-0.05, 0) is 23.1 Å². The molecule has 0 radical (unpaired) electrons. The summed E-state index contributed by atoms with van der Waals surface area (Å²) in [6, 6.07) is 27.4. The molecule has 5 N–H and O–H groups in total. The van der Waals surface area contributed by atoms with Crippen LogP contribution in [-0.2, 0) is 15.0 Å². The van der Waals surface area contributed by atoms with Gasteiger partial charge in [0.05, 0.1) is 11.3 Å². The molecular formula is C24H24N2O3. The Morgan fingerprint density at radius 2 is 1.10 bits per heavy atom. The Morgan fingerprint density at radius 1 is 0.759 bits per heavy atom. The zero-order chi connectivity index (χ0) is 20.9. The Morgan fingerprint density at radius 3 is 1.38 bits per heavy atom. The topological polar surface area (TPSA) is 106 Å². The lowest BCUT2D eigenvalue weighted by molar-refractivity contribution is -0.139. The van der Waals surface area contributed by atoms with E-state index in [4.69, 9.17) is 11.5 Å². The second-order valence-corrected chi connectivity index (χ2v) is 7.04. The minimum absolute atomic E-state index is 0.0939. The van der Waals surface area contributed by atoms with Crippen LogP contribution in [0.1, 0.15) is 23.1 Å². The van der Waals surface area contributed by atoms with Crippen molar-refractivity contribution in [3.8, 4) is 0 Å². The van der Waals surface area contributed by atoms with E-state index in [-0.39, 0.29) is 6.42 Å². The van der Waals surface area contributed by atoms with E-state index >= 15 is 0 Å². The van der Waals surface area contributed by atoms with Gasteiger partial charge in [-0.25, -0.2) is 0 Å². The highest BCUT2D eigenvalue weighted by Gasteiger charge is 2.47. The maximum atomic E-state index is 12.8. The van der Waals surface area contributed by atoms with Crippen molar-refractivity contribution in [2.75, 3.05) is 0 Å². The van der Waals surface area contributed by atoms with E-state index in [1.54, 1.807) is 0 Å². The number of amides is 1. The summed E-state index contributed by atoms with van der Waals surface area (Å²) in [6.45, 7) is 0. The molecule has 2 atom stereocenters. The molecule has 5 heteroatoms. The highest BCUT2D eigenvalue weighted by atomic mass is 16.4. The Bertz CT molecular complexity index is 863. The molecule has 3 aromatic carbocycles. The van der Waals surface area contributed by atoms with E-state index in [0.29, 0.717) is 0 Å². The lowest BCUT2D eigenvalue weighted by Crippen LogP contribution is -2.48. The number of benzene rings is 3. The summed E-state index contributed by atoms with van der Waals surface area (Å²) in [6.07, 6.45) is -0.0939. The fourth-order valence-corrected chi connectivity index (χ4v) is 4.07. The van der Waals surface area contributed by atoms with E-state index in [2.05, 4.69) is 0 Å². The van der Waals surface area contributed by atoms with Crippen LogP contribution in [0.3, 0.4) is 0 Å². The van der Waals surface area contributed by atoms with E-state index < -0.39 is 29.3 Å². The highest BCUT2D eigenvalue weighted by molar-refractivity contribution is 5.83. The quantitative estimate of drug-likeness (QED) is 0.516. The Labute approximate surface area is 170 Å². The molecule has 0 fully saturated rings. The molecule has 1 unspecified atom stereocenters. The number of nitrogens with two attached hydrogens (primary N) is 2. The van der Waals surface area contributed by atoms with Gasteiger partial charge in [0.25, 0.3) is 0 Å². The summed E-state index contributed by atoms with van der Waals surface area (Å²) < 4.78 is 0. The number of rotatable bonds is 8. The molecule has 29 heavy (non-hydrogen) atoms. The van der Waals surface area contributed by atoms with Crippen molar-refractivity contribution in [3.63, 3.8) is 0 Å². The van der Waals surface area contributed by atoms with Gasteiger partial charge in [0.2, 0.25) is 5.91 Å². The van der Waals surface area contributed by atoms with Gasteiger partial charge in [0.15, 0.2) is 0 Å². The van der Waals surface area contributed by atoms with Crippen molar-refractivity contribution in [2.24, 2.45) is 17.4 Å². The number of aliphatic carboxylic acids is 1. The summed E-state index contributed by atoms with van der Waals surface area (Å²) in [4.78, 5) is 24.3. The predicted octanol–water partition coefficient (Wildman–Crippen LogP) is 2.92. The average Bonchev–Trinajstić information content (AvgIpc) is 2.75. The number of carboxylic acid groups (broad SMARTS) is 1. The van der Waals surface area contributed by atoms with Crippen LogP contribution in [0.4, 0.5) is 0 Å². The number of primary amides is 1. The van der Waals surface area contributed by atoms with Gasteiger partial charge in [-0.2, -0.15) is 0 Å². The van der Waals surface area contributed by atoms with Crippen LogP contribution in [0.15, 0.2) is 91.0 Å². The molecule has 0 spiro atoms. The van der Waals surface area contributed by atoms with Crippen LogP contribution in [0, 0.1) is 5.92 Å². The molecule has 148 valence electrons. The van der Waals surface area contributed by atoms with Gasteiger partial charge in [-0.1, -0.05) is 91.0 Å². The van der Waals surface area contributed by atoms with Crippen molar-refractivity contribution in [2.45, 2.75) is 17.9 Å². The molecule has 0 bridgehead atoms. The van der Waals surface area contributed by atoms with E-state index in [9.17, 15) is 14.7 Å². The van der Waals surface area contributed by atoms with E-state index in [1.807, 2.05) is 91.0 Å². The predicted molar refractivity (Wildman–Crippen MR) is 112 cm³/mol. The molecule has 0 aromatic heterocycles. The molecule has 0 aliphatic carbocycles. The zero-order valence-corrected chi connectivity index (χ0v) is 15.9. The molecule has 0 aliphatic heterocycles. The first-order valence-electron chi connectivity index (χ1n) is 9.42. The summed E-state index contributed by atoms with van der Waals surface area (Å²) >= 11 is 0. The minimum atomic E-state index is -1.22. The summed E-state index contributed by atoms with van der Waals surface area (Å²) in [5, 5.41) is 9.41. The molecule has 5 nitrogen and oxygen atoms in total. The number of carbonyl (C=O) groups excluding carboxylic acids is 1. The zero-order valence-electron chi connectivity index (χ0n) is 15.9. The lowest BCUT2D eigenvalue weighted by atomic mass is 9.60. The van der Waals surface area contributed by atoms with Gasteiger partial charge < -0.3 is 16.6 Å². The molecule has 0 saturated heterocycles. The molecule has 0 saturated carbocycles. The van der Waals surface area contributed by atoms with Crippen LogP contribution in [0.25, 0.3) is 0 Å². The van der Waals surface area contributed by atoms with Gasteiger partial charge in [-0.15, -0.1) is 0 Å². The Kier molecular flexibility index (Phi) is 6.10. The third-order valence-corrected chi connectivity index (χ3v) is 5.36. The molecule has 3 aromatic rings. The first kappa shape index (κ1) is 20.3. The molecule has 0 heterocycles. The number of carboxylic acids is 1. The molecular weight excluding hydrogens is 364 g/mol. The van der Waals surface area contributed by atoms with Gasteiger partial charge >= 0.3 is 5.97 Å². The second-order valence-electron chi connectivity index (χ2n) is 7.04. The number of hydrogen-bond acceptors (Lipinski definition) is 3.